The minimum Gasteiger partial charge on any atom is -0.374 e. The third-order valence-electron chi connectivity index (χ3n) is 2.75. The van der Waals surface area contributed by atoms with Crippen LogP contribution in [-0.4, -0.2) is 30.9 Å². The number of carbonyl (C=O) groups excluding carboxylic acids is 1. The van der Waals surface area contributed by atoms with Crippen molar-refractivity contribution in [3.63, 3.8) is 0 Å². The Labute approximate surface area is 107 Å². The van der Waals surface area contributed by atoms with Crippen LogP contribution in [0, 0.1) is 0 Å². The lowest BCUT2D eigenvalue weighted by atomic mass is 10.2. The fourth-order valence-electron chi connectivity index (χ4n) is 1.97. The number of hydrogen-bond acceptors (Lipinski definition) is 4. The topological polar surface area (TPSA) is 44.8 Å². The Morgan fingerprint density at radius 2 is 2.00 bits per heavy atom. The monoisotopic (exact) mass is 250 g/mol. The van der Waals surface area contributed by atoms with Crippen LogP contribution in [0.1, 0.15) is 19.4 Å². The van der Waals surface area contributed by atoms with E-state index in [0.29, 0.717) is 13.2 Å². The van der Waals surface area contributed by atoms with E-state index in [1.165, 1.54) is 0 Å². The Kier molecular flexibility index (Phi) is 4.11. The van der Waals surface area contributed by atoms with Gasteiger partial charge in [0.05, 0.1) is 13.2 Å². The van der Waals surface area contributed by atoms with Crippen LogP contribution in [0.25, 0.3) is 0 Å². The third-order valence-corrected chi connectivity index (χ3v) is 2.75. The molecule has 0 aliphatic carbocycles. The Hall–Kier alpha value is -1.23. The third kappa shape index (κ3) is 3.38. The normalized spacial score (nSPS) is 26.1. The summed E-state index contributed by atoms with van der Waals surface area (Å²) in [5.41, 5.74) is 1.10. The molecule has 0 N–H and O–H groups in total. The molecule has 1 aromatic rings. The van der Waals surface area contributed by atoms with Crippen LogP contribution in [0.15, 0.2) is 30.3 Å². The summed E-state index contributed by atoms with van der Waals surface area (Å²) < 4.78 is 16.6. The quantitative estimate of drug-likeness (QED) is 0.749. The number of aldehydes is 1. The van der Waals surface area contributed by atoms with Gasteiger partial charge in [0, 0.05) is 0 Å². The zero-order valence-corrected chi connectivity index (χ0v) is 10.7. The molecule has 0 radical (unpaired) electrons. The van der Waals surface area contributed by atoms with Gasteiger partial charge in [-0.25, -0.2) is 0 Å². The summed E-state index contributed by atoms with van der Waals surface area (Å²) in [6.45, 7) is 4.44. The lowest BCUT2D eigenvalue weighted by molar-refractivity contribution is -0.153. The highest BCUT2D eigenvalue weighted by Gasteiger charge is 2.41. The molecule has 0 aromatic heterocycles. The highest BCUT2D eigenvalue weighted by molar-refractivity contribution is 5.57. The highest BCUT2D eigenvalue weighted by Crippen LogP contribution is 2.27. The van der Waals surface area contributed by atoms with Gasteiger partial charge in [-0.05, 0) is 19.4 Å². The summed E-state index contributed by atoms with van der Waals surface area (Å²) in [7, 11) is 0. The van der Waals surface area contributed by atoms with Gasteiger partial charge in [0.15, 0.2) is 12.1 Å². The second-order valence-electron chi connectivity index (χ2n) is 4.78. The predicted octanol–water partition coefficient (Wildman–Crippen LogP) is 1.92. The molecule has 1 aliphatic heterocycles. The fourth-order valence-corrected chi connectivity index (χ4v) is 1.97. The van der Waals surface area contributed by atoms with Gasteiger partial charge in [-0.15, -0.1) is 0 Å². The van der Waals surface area contributed by atoms with E-state index in [1.54, 1.807) is 13.8 Å². The van der Waals surface area contributed by atoms with Gasteiger partial charge < -0.3 is 19.0 Å². The summed E-state index contributed by atoms with van der Waals surface area (Å²) in [5.74, 6) is -0.716. The Balaban J connectivity index is 1.81. The SMILES string of the molecule is CC1(C)O[C@@H](C=O)[C@H](COCc2ccccc2)O1. The van der Waals surface area contributed by atoms with Crippen molar-refractivity contribution >= 4 is 6.29 Å². The van der Waals surface area contributed by atoms with E-state index in [-0.39, 0.29) is 6.10 Å². The van der Waals surface area contributed by atoms with E-state index in [1.807, 2.05) is 30.3 Å². The van der Waals surface area contributed by atoms with Gasteiger partial charge >= 0.3 is 0 Å². The first-order valence-corrected chi connectivity index (χ1v) is 6.03. The zero-order chi connectivity index (χ0) is 13.0. The molecular weight excluding hydrogens is 232 g/mol. The van der Waals surface area contributed by atoms with E-state index in [0.717, 1.165) is 11.8 Å². The first-order valence-electron chi connectivity index (χ1n) is 6.03. The van der Waals surface area contributed by atoms with Gasteiger partial charge in [-0.2, -0.15) is 0 Å². The van der Waals surface area contributed by atoms with Crippen molar-refractivity contribution in [1.29, 1.82) is 0 Å². The van der Waals surface area contributed by atoms with Crippen LogP contribution in [0.4, 0.5) is 0 Å². The summed E-state index contributed by atoms with van der Waals surface area (Å²) >= 11 is 0. The standard InChI is InChI=1S/C14H18O4/c1-14(2)17-12(8-15)13(18-14)10-16-9-11-6-4-3-5-7-11/h3-8,12-13H,9-10H2,1-2H3/t12-,13-/m0/s1. The van der Waals surface area contributed by atoms with Crippen LogP contribution < -0.4 is 0 Å². The molecule has 18 heavy (non-hydrogen) atoms. The van der Waals surface area contributed by atoms with E-state index in [2.05, 4.69) is 0 Å². The van der Waals surface area contributed by atoms with Gasteiger partial charge in [0.2, 0.25) is 0 Å². The maximum absolute atomic E-state index is 10.9. The van der Waals surface area contributed by atoms with Crippen LogP contribution in [0.3, 0.4) is 0 Å². The first-order chi connectivity index (χ1) is 8.61. The molecule has 2 rings (SSSR count). The molecular formula is C14H18O4. The number of benzene rings is 1. The highest BCUT2D eigenvalue weighted by atomic mass is 16.8. The van der Waals surface area contributed by atoms with Crippen LogP contribution >= 0.6 is 0 Å². The number of hydrogen-bond donors (Lipinski definition) is 0. The molecule has 1 aromatic carbocycles. The maximum atomic E-state index is 10.9. The molecule has 0 unspecified atom stereocenters. The van der Waals surface area contributed by atoms with Crippen molar-refractivity contribution in [3.05, 3.63) is 35.9 Å². The molecule has 98 valence electrons. The average molecular weight is 250 g/mol. The maximum Gasteiger partial charge on any atom is 0.164 e. The Bertz CT molecular complexity index is 388. The van der Waals surface area contributed by atoms with Gasteiger partial charge in [-0.1, -0.05) is 30.3 Å². The van der Waals surface area contributed by atoms with Crippen LogP contribution in [-0.2, 0) is 25.6 Å². The molecule has 4 nitrogen and oxygen atoms in total. The first kappa shape index (κ1) is 13.2. The van der Waals surface area contributed by atoms with Crippen molar-refractivity contribution in [3.8, 4) is 0 Å². The zero-order valence-electron chi connectivity index (χ0n) is 10.7. The molecule has 4 heteroatoms. The summed E-state index contributed by atoms with van der Waals surface area (Å²) in [6.07, 6.45) is -0.109. The van der Waals surface area contributed by atoms with Crippen molar-refractivity contribution in [2.45, 2.75) is 38.4 Å². The van der Waals surface area contributed by atoms with Gasteiger partial charge in [0.25, 0.3) is 0 Å². The average Bonchev–Trinajstić information content (AvgIpc) is 2.65. The minimum atomic E-state index is -0.716. The number of carbonyl (C=O) groups is 1. The van der Waals surface area contributed by atoms with Crippen molar-refractivity contribution in [2.75, 3.05) is 6.61 Å². The molecule has 0 amide bonds. The molecule has 1 heterocycles. The largest absolute Gasteiger partial charge is 0.374 e. The second-order valence-corrected chi connectivity index (χ2v) is 4.78. The second kappa shape index (κ2) is 5.61. The smallest absolute Gasteiger partial charge is 0.164 e. The Morgan fingerprint density at radius 1 is 1.28 bits per heavy atom. The Morgan fingerprint density at radius 3 is 2.67 bits per heavy atom. The summed E-state index contributed by atoms with van der Waals surface area (Å²) in [6, 6.07) is 9.87. The predicted molar refractivity (Wildman–Crippen MR) is 66.0 cm³/mol. The van der Waals surface area contributed by atoms with Gasteiger partial charge in [0.1, 0.15) is 12.2 Å². The van der Waals surface area contributed by atoms with Crippen molar-refractivity contribution in [1.82, 2.24) is 0 Å². The molecule has 0 spiro atoms. The summed E-state index contributed by atoms with van der Waals surface area (Å²) in [5, 5.41) is 0. The summed E-state index contributed by atoms with van der Waals surface area (Å²) in [4.78, 5) is 10.9. The van der Waals surface area contributed by atoms with Crippen LogP contribution in [0.2, 0.25) is 0 Å². The van der Waals surface area contributed by atoms with Crippen molar-refractivity contribution in [2.24, 2.45) is 0 Å². The number of ether oxygens (including phenoxy) is 3. The van der Waals surface area contributed by atoms with Gasteiger partial charge in [-0.3, -0.25) is 0 Å². The van der Waals surface area contributed by atoms with Crippen LogP contribution in [0.5, 0.6) is 0 Å². The van der Waals surface area contributed by atoms with E-state index >= 15 is 0 Å². The molecule has 0 saturated carbocycles. The minimum absolute atomic E-state index is 0.332. The van der Waals surface area contributed by atoms with Crippen molar-refractivity contribution < 1.29 is 19.0 Å². The number of rotatable bonds is 5. The molecule has 2 atom stereocenters. The fraction of sp³-hybridized carbons (Fsp3) is 0.500. The van der Waals surface area contributed by atoms with E-state index in [9.17, 15) is 4.79 Å². The van der Waals surface area contributed by atoms with E-state index in [4.69, 9.17) is 14.2 Å². The lowest BCUT2D eigenvalue weighted by Crippen LogP contribution is -2.28. The molecule has 0 bridgehead atoms. The lowest BCUT2D eigenvalue weighted by Gasteiger charge is -2.16. The molecule has 1 fully saturated rings. The van der Waals surface area contributed by atoms with E-state index < -0.39 is 11.9 Å². The molecule has 1 aliphatic rings. The molecule has 1 saturated heterocycles.